The Balaban J connectivity index is 1.77. The summed E-state index contributed by atoms with van der Waals surface area (Å²) in [6, 6.07) is 10.3. The van der Waals surface area contributed by atoms with E-state index in [1.807, 2.05) is 30.3 Å². The van der Waals surface area contributed by atoms with Crippen LogP contribution < -0.4 is 10.3 Å². The first-order valence-corrected chi connectivity index (χ1v) is 12.5. The number of likely N-dealkylation sites (N-methyl/N-ethyl adjacent to an activating group) is 1. The van der Waals surface area contributed by atoms with Crippen LogP contribution in [-0.4, -0.2) is 68.6 Å². The number of thiazole rings is 1. The molecule has 184 valence electrons. The Kier molecular flexibility index (Phi) is 8.17. The molecule has 0 aliphatic carbocycles. The molecule has 9 nitrogen and oxygen atoms in total. The minimum atomic E-state index is -0.103. The van der Waals surface area contributed by atoms with E-state index in [4.69, 9.17) is 9.72 Å². The lowest BCUT2D eigenvalue weighted by Crippen LogP contribution is -2.38. The van der Waals surface area contributed by atoms with Crippen molar-refractivity contribution >= 4 is 21.7 Å². The SMILES string of the molecule is CCC(c1nc2scnc2c(=O)n1Cc1ccccc1)N(CCN(C)C)Cc1cnc(OC)nc1. The van der Waals surface area contributed by atoms with Crippen LogP contribution in [0.4, 0.5) is 0 Å². The number of rotatable bonds is 11. The van der Waals surface area contributed by atoms with E-state index in [2.05, 4.69) is 45.8 Å². The molecule has 0 spiro atoms. The molecule has 1 atom stereocenters. The summed E-state index contributed by atoms with van der Waals surface area (Å²) < 4.78 is 6.90. The van der Waals surface area contributed by atoms with Crippen molar-refractivity contribution in [3.8, 4) is 6.01 Å². The number of hydrogen-bond acceptors (Lipinski definition) is 9. The molecule has 3 aromatic heterocycles. The number of fused-ring (bicyclic) bond motifs is 1. The highest BCUT2D eigenvalue weighted by Crippen LogP contribution is 2.26. The molecular formula is C25H31N7O2S. The van der Waals surface area contributed by atoms with E-state index in [-0.39, 0.29) is 11.6 Å². The van der Waals surface area contributed by atoms with Gasteiger partial charge in [0.2, 0.25) is 0 Å². The zero-order valence-electron chi connectivity index (χ0n) is 20.6. The van der Waals surface area contributed by atoms with E-state index in [1.165, 1.54) is 11.3 Å². The van der Waals surface area contributed by atoms with Gasteiger partial charge in [-0.15, -0.1) is 11.3 Å². The molecule has 4 rings (SSSR count). The molecule has 0 bridgehead atoms. The van der Waals surface area contributed by atoms with Crippen LogP contribution in [0.2, 0.25) is 0 Å². The summed E-state index contributed by atoms with van der Waals surface area (Å²) in [6.45, 7) is 4.85. The van der Waals surface area contributed by atoms with Crippen LogP contribution in [0.1, 0.15) is 36.3 Å². The summed E-state index contributed by atoms with van der Waals surface area (Å²) in [5, 5.41) is 0. The molecule has 1 aromatic carbocycles. The molecule has 0 aliphatic rings. The molecule has 0 saturated carbocycles. The summed E-state index contributed by atoms with van der Waals surface area (Å²) >= 11 is 1.40. The molecule has 3 heterocycles. The topological polar surface area (TPSA) is 89.3 Å². The van der Waals surface area contributed by atoms with Gasteiger partial charge >= 0.3 is 6.01 Å². The second-order valence-corrected chi connectivity index (χ2v) is 9.46. The molecule has 0 saturated heterocycles. The molecular weight excluding hydrogens is 462 g/mol. The van der Waals surface area contributed by atoms with E-state index in [0.29, 0.717) is 29.4 Å². The van der Waals surface area contributed by atoms with Gasteiger partial charge in [-0.25, -0.2) is 19.9 Å². The number of ether oxygens (including phenoxy) is 1. The van der Waals surface area contributed by atoms with Crippen LogP contribution in [-0.2, 0) is 13.1 Å². The van der Waals surface area contributed by atoms with Gasteiger partial charge in [0.05, 0.1) is 25.2 Å². The molecule has 10 heteroatoms. The lowest BCUT2D eigenvalue weighted by Gasteiger charge is -2.32. The first-order valence-electron chi connectivity index (χ1n) is 11.6. The summed E-state index contributed by atoms with van der Waals surface area (Å²) in [7, 11) is 5.67. The fourth-order valence-electron chi connectivity index (χ4n) is 4.08. The van der Waals surface area contributed by atoms with E-state index in [9.17, 15) is 4.79 Å². The minimum absolute atomic E-state index is 0.0834. The molecule has 0 aliphatic heterocycles. The van der Waals surface area contributed by atoms with E-state index >= 15 is 0 Å². The van der Waals surface area contributed by atoms with Crippen molar-refractivity contribution in [2.75, 3.05) is 34.3 Å². The Morgan fingerprint density at radius 2 is 1.80 bits per heavy atom. The van der Waals surface area contributed by atoms with E-state index in [1.54, 1.807) is 29.6 Å². The van der Waals surface area contributed by atoms with Gasteiger partial charge in [0, 0.05) is 37.6 Å². The second kappa shape index (κ2) is 11.5. The van der Waals surface area contributed by atoms with E-state index in [0.717, 1.165) is 36.5 Å². The average molecular weight is 494 g/mol. The fourth-order valence-corrected chi connectivity index (χ4v) is 4.73. The van der Waals surface area contributed by atoms with Gasteiger partial charge in [-0.2, -0.15) is 0 Å². The van der Waals surface area contributed by atoms with Gasteiger partial charge < -0.3 is 9.64 Å². The van der Waals surface area contributed by atoms with Crippen molar-refractivity contribution in [1.82, 2.24) is 34.3 Å². The summed E-state index contributed by atoms with van der Waals surface area (Å²) in [5.41, 5.74) is 4.03. The Morgan fingerprint density at radius 1 is 1.06 bits per heavy atom. The van der Waals surface area contributed by atoms with Crippen LogP contribution in [0.25, 0.3) is 10.3 Å². The Morgan fingerprint density at radius 3 is 2.46 bits per heavy atom. The van der Waals surface area contributed by atoms with Crippen molar-refractivity contribution < 1.29 is 4.74 Å². The zero-order chi connectivity index (χ0) is 24.8. The number of methoxy groups -OCH3 is 1. The smallest absolute Gasteiger partial charge is 0.316 e. The maximum atomic E-state index is 13.6. The molecule has 35 heavy (non-hydrogen) atoms. The number of hydrogen-bond donors (Lipinski definition) is 0. The van der Waals surface area contributed by atoms with Crippen LogP contribution in [0.3, 0.4) is 0 Å². The van der Waals surface area contributed by atoms with Gasteiger partial charge in [0.1, 0.15) is 5.82 Å². The Bertz CT molecular complexity index is 1290. The first-order chi connectivity index (χ1) is 17.0. The predicted molar refractivity (Wildman–Crippen MR) is 138 cm³/mol. The van der Waals surface area contributed by atoms with Crippen LogP contribution in [0.5, 0.6) is 6.01 Å². The molecule has 4 aromatic rings. The quantitative estimate of drug-likeness (QED) is 0.315. The highest BCUT2D eigenvalue weighted by molar-refractivity contribution is 7.16. The molecule has 0 amide bonds. The third-order valence-corrected chi connectivity index (χ3v) is 6.60. The van der Waals surface area contributed by atoms with Crippen LogP contribution in [0.15, 0.2) is 53.0 Å². The third kappa shape index (κ3) is 5.90. The van der Waals surface area contributed by atoms with Gasteiger partial charge in [0.25, 0.3) is 5.56 Å². The summed E-state index contributed by atoms with van der Waals surface area (Å²) in [4.78, 5) is 36.6. The van der Waals surface area contributed by atoms with Gasteiger partial charge in [-0.1, -0.05) is 37.3 Å². The molecule has 1 unspecified atom stereocenters. The van der Waals surface area contributed by atoms with E-state index < -0.39 is 0 Å². The Labute approximate surface area is 209 Å². The normalized spacial score (nSPS) is 12.5. The summed E-state index contributed by atoms with van der Waals surface area (Å²) in [5.74, 6) is 0.756. The van der Waals surface area contributed by atoms with Crippen molar-refractivity contribution in [3.05, 3.63) is 75.5 Å². The molecule has 0 radical (unpaired) electrons. The first kappa shape index (κ1) is 24.9. The van der Waals surface area contributed by atoms with Crippen molar-refractivity contribution in [2.24, 2.45) is 0 Å². The standard InChI is InChI=1S/C25H31N7O2S/c1-5-20(31(12-11-30(2)3)15-19-13-26-25(34-4)27-14-19)22-29-23-21(28-17-35-23)24(33)32(22)16-18-9-7-6-8-10-18/h6-10,13-14,17,20H,5,11-12,15-16H2,1-4H3. The van der Waals surface area contributed by atoms with Crippen LogP contribution >= 0.6 is 11.3 Å². The maximum Gasteiger partial charge on any atom is 0.316 e. The summed E-state index contributed by atoms with van der Waals surface area (Å²) in [6.07, 6.45) is 4.37. The van der Waals surface area contributed by atoms with Gasteiger partial charge in [-0.05, 0) is 26.1 Å². The lowest BCUT2D eigenvalue weighted by molar-refractivity contribution is 0.155. The fraction of sp³-hybridized carbons (Fsp3) is 0.400. The predicted octanol–water partition coefficient (Wildman–Crippen LogP) is 3.21. The largest absolute Gasteiger partial charge is 0.467 e. The molecule has 0 N–H and O–H groups in total. The number of aromatic nitrogens is 5. The third-order valence-electron chi connectivity index (χ3n) is 5.88. The van der Waals surface area contributed by atoms with Crippen LogP contribution in [0, 0.1) is 0 Å². The average Bonchev–Trinajstić information content (AvgIpc) is 3.35. The highest BCUT2D eigenvalue weighted by atomic mass is 32.1. The Hall–Kier alpha value is -3.21. The zero-order valence-corrected chi connectivity index (χ0v) is 21.4. The lowest BCUT2D eigenvalue weighted by atomic mass is 10.1. The minimum Gasteiger partial charge on any atom is -0.467 e. The number of benzene rings is 1. The second-order valence-electron chi connectivity index (χ2n) is 8.63. The number of nitrogens with zero attached hydrogens (tertiary/aromatic N) is 7. The van der Waals surface area contributed by atoms with Crippen molar-refractivity contribution in [1.29, 1.82) is 0 Å². The van der Waals surface area contributed by atoms with Crippen molar-refractivity contribution in [3.63, 3.8) is 0 Å². The highest BCUT2D eigenvalue weighted by Gasteiger charge is 2.26. The van der Waals surface area contributed by atoms with Crippen molar-refractivity contribution in [2.45, 2.75) is 32.5 Å². The maximum absolute atomic E-state index is 13.6. The molecule has 0 fully saturated rings. The van der Waals surface area contributed by atoms with Gasteiger partial charge in [-0.3, -0.25) is 14.3 Å². The van der Waals surface area contributed by atoms with Gasteiger partial charge in [0.15, 0.2) is 10.3 Å². The monoisotopic (exact) mass is 493 g/mol.